The van der Waals surface area contributed by atoms with Crippen LogP contribution in [-0.4, -0.2) is 23.4 Å². The van der Waals surface area contributed by atoms with E-state index in [-0.39, 0.29) is 13.8 Å². The van der Waals surface area contributed by atoms with Crippen molar-refractivity contribution in [3.63, 3.8) is 0 Å². The molecule has 0 unspecified atom stereocenters. The zero-order valence-electron chi connectivity index (χ0n) is 12.8. The van der Waals surface area contributed by atoms with E-state index in [9.17, 15) is 4.79 Å². The van der Waals surface area contributed by atoms with Crippen LogP contribution in [0.25, 0.3) is 0 Å². The van der Waals surface area contributed by atoms with Crippen molar-refractivity contribution in [1.29, 1.82) is 0 Å². The van der Waals surface area contributed by atoms with E-state index in [4.69, 9.17) is 0 Å². The predicted octanol–water partition coefficient (Wildman–Crippen LogP) is 4.99. The van der Waals surface area contributed by atoms with Crippen LogP contribution in [0.4, 0.5) is 5.69 Å². The Labute approximate surface area is 129 Å². The molecule has 0 saturated carbocycles. The molecule has 2 saturated heterocycles. The molecule has 0 aliphatic carbocycles. The molecular weight excluding hydrogens is 277 g/mol. The molecule has 1 aromatic carbocycles. The smallest absolute Gasteiger partial charge is 0.224 e. The molecule has 2 bridgehead atoms. The van der Waals surface area contributed by atoms with Gasteiger partial charge in [-0.05, 0) is 61.7 Å². The first-order valence-electron chi connectivity index (χ1n) is 8.43. The molecule has 0 radical (unpaired) electrons. The normalized spacial score (nSPS) is 28.1. The number of hydrogen-bond acceptors (Lipinski definition) is 1. The largest absolute Gasteiger partial charge is 0.326 e. The number of fused-ring (bicyclic) bond motifs is 2. The molecule has 0 spiro atoms. The lowest BCUT2D eigenvalue weighted by molar-refractivity contribution is -0.116. The fraction of sp³-hybridized carbons (Fsp3) is 0.611. The molecule has 2 aliphatic rings. The fourth-order valence-electron chi connectivity index (χ4n) is 3.96. The van der Waals surface area contributed by atoms with E-state index in [0.717, 1.165) is 23.4 Å². The number of amides is 1. The van der Waals surface area contributed by atoms with Crippen molar-refractivity contribution in [2.24, 2.45) is 0 Å². The topological polar surface area (TPSA) is 29.1 Å². The highest BCUT2D eigenvalue weighted by molar-refractivity contribution is 7.59. The summed E-state index contributed by atoms with van der Waals surface area (Å²) >= 11 is 0. The standard InChI is InChI=1S/C18H26NOP/c20-18(19-15-7-2-1-3-8-15)13-6-14-21-16-9-4-10-17(21)12-5-11-16/h1-3,7-8,16-17H,4-6,9-14H2,(H,19,20). The minimum atomic E-state index is 0.179. The van der Waals surface area contributed by atoms with Crippen LogP contribution in [0.5, 0.6) is 0 Å². The number of benzene rings is 1. The van der Waals surface area contributed by atoms with Crippen LogP contribution in [0.2, 0.25) is 0 Å². The third-order valence-corrected chi connectivity index (χ3v) is 8.71. The molecule has 3 rings (SSSR count). The Kier molecular flexibility index (Phi) is 5.30. The molecule has 2 aliphatic heterocycles. The SMILES string of the molecule is O=C(CCCP1C2CCCC1CCC2)Nc1ccccc1. The van der Waals surface area contributed by atoms with Gasteiger partial charge in [0.15, 0.2) is 0 Å². The monoisotopic (exact) mass is 303 g/mol. The number of rotatable bonds is 5. The number of para-hydroxylation sites is 1. The van der Waals surface area contributed by atoms with Crippen LogP contribution < -0.4 is 5.32 Å². The third kappa shape index (κ3) is 4.07. The predicted molar refractivity (Wildman–Crippen MR) is 91.4 cm³/mol. The van der Waals surface area contributed by atoms with Gasteiger partial charge in [-0.2, -0.15) is 0 Å². The summed E-state index contributed by atoms with van der Waals surface area (Å²) in [6, 6.07) is 9.80. The van der Waals surface area contributed by atoms with Crippen molar-refractivity contribution in [2.75, 3.05) is 11.5 Å². The summed E-state index contributed by atoms with van der Waals surface area (Å²) in [4.78, 5) is 12.0. The van der Waals surface area contributed by atoms with Gasteiger partial charge in [0.05, 0.1) is 0 Å². The van der Waals surface area contributed by atoms with Gasteiger partial charge >= 0.3 is 0 Å². The number of hydrogen-bond donors (Lipinski definition) is 1. The van der Waals surface area contributed by atoms with Gasteiger partial charge in [-0.3, -0.25) is 4.79 Å². The van der Waals surface area contributed by atoms with E-state index in [0.29, 0.717) is 6.42 Å². The van der Waals surface area contributed by atoms with Gasteiger partial charge in [0.25, 0.3) is 0 Å². The van der Waals surface area contributed by atoms with Gasteiger partial charge in [0.2, 0.25) is 5.91 Å². The molecule has 21 heavy (non-hydrogen) atoms. The first-order valence-corrected chi connectivity index (χ1v) is 10.1. The lowest BCUT2D eigenvalue weighted by Gasteiger charge is -2.43. The maximum absolute atomic E-state index is 12.0. The molecule has 3 heteroatoms. The first-order chi connectivity index (χ1) is 10.3. The number of carbonyl (C=O) groups is 1. The lowest BCUT2D eigenvalue weighted by Crippen LogP contribution is -2.27. The van der Waals surface area contributed by atoms with Gasteiger partial charge < -0.3 is 5.32 Å². The van der Waals surface area contributed by atoms with Crippen molar-refractivity contribution in [3.05, 3.63) is 30.3 Å². The summed E-state index contributed by atoms with van der Waals surface area (Å²) in [5, 5.41) is 3.00. The molecule has 2 heterocycles. The van der Waals surface area contributed by atoms with Crippen molar-refractivity contribution >= 4 is 19.5 Å². The Bertz CT molecular complexity index is 440. The average Bonchev–Trinajstić information content (AvgIpc) is 2.48. The fourth-order valence-corrected chi connectivity index (χ4v) is 7.87. The van der Waals surface area contributed by atoms with Gasteiger partial charge in [0.1, 0.15) is 0 Å². The summed E-state index contributed by atoms with van der Waals surface area (Å²) in [5.74, 6) is 0.179. The van der Waals surface area contributed by atoms with Gasteiger partial charge in [0, 0.05) is 12.1 Å². The zero-order valence-corrected chi connectivity index (χ0v) is 13.7. The highest BCUT2D eigenvalue weighted by Crippen LogP contribution is 2.59. The summed E-state index contributed by atoms with van der Waals surface area (Å²) < 4.78 is 0. The molecular formula is C18H26NOP. The van der Waals surface area contributed by atoms with E-state index in [1.165, 1.54) is 44.7 Å². The summed E-state index contributed by atoms with van der Waals surface area (Å²) in [5.41, 5.74) is 2.98. The minimum absolute atomic E-state index is 0.179. The minimum Gasteiger partial charge on any atom is -0.326 e. The van der Waals surface area contributed by atoms with E-state index in [1.54, 1.807) is 0 Å². The Morgan fingerprint density at radius 1 is 1.05 bits per heavy atom. The first kappa shape index (κ1) is 15.0. The number of nitrogens with one attached hydrogen (secondary N) is 1. The van der Waals surface area contributed by atoms with Crippen molar-refractivity contribution < 1.29 is 4.79 Å². The second kappa shape index (κ2) is 7.40. The van der Waals surface area contributed by atoms with Crippen LogP contribution in [0.1, 0.15) is 51.4 Å². The maximum Gasteiger partial charge on any atom is 0.224 e. The highest BCUT2D eigenvalue weighted by atomic mass is 31.1. The van der Waals surface area contributed by atoms with Crippen LogP contribution in [-0.2, 0) is 4.79 Å². The Hall–Kier alpha value is -0.880. The third-order valence-electron chi connectivity index (χ3n) is 4.97. The molecule has 1 aromatic rings. The Morgan fingerprint density at radius 2 is 1.67 bits per heavy atom. The molecule has 1 amide bonds. The van der Waals surface area contributed by atoms with Crippen LogP contribution in [0.3, 0.4) is 0 Å². The number of carbonyl (C=O) groups excluding carboxylic acids is 1. The molecule has 2 fully saturated rings. The molecule has 2 nitrogen and oxygen atoms in total. The van der Waals surface area contributed by atoms with Gasteiger partial charge in [-0.15, -0.1) is 7.92 Å². The number of anilines is 1. The van der Waals surface area contributed by atoms with Crippen LogP contribution in [0, 0.1) is 0 Å². The molecule has 114 valence electrons. The van der Waals surface area contributed by atoms with E-state index >= 15 is 0 Å². The van der Waals surface area contributed by atoms with Crippen LogP contribution >= 0.6 is 7.92 Å². The Morgan fingerprint density at radius 3 is 2.29 bits per heavy atom. The van der Waals surface area contributed by atoms with Crippen molar-refractivity contribution in [2.45, 2.75) is 62.7 Å². The quantitative estimate of drug-likeness (QED) is 0.763. The molecule has 0 aromatic heterocycles. The lowest BCUT2D eigenvalue weighted by atomic mass is 9.99. The summed E-state index contributed by atoms with van der Waals surface area (Å²) in [6.45, 7) is 0. The summed E-state index contributed by atoms with van der Waals surface area (Å²) in [6.07, 6.45) is 11.9. The Balaban J connectivity index is 1.42. The van der Waals surface area contributed by atoms with Crippen molar-refractivity contribution in [1.82, 2.24) is 0 Å². The highest BCUT2D eigenvalue weighted by Gasteiger charge is 2.34. The zero-order chi connectivity index (χ0) is 14.5. The van der Waals surface area contributed by atoms with Gasteiger partial charge in [-0.1, -0.05) is 31.0 Å². The summed E-state index contributed by atoms with van der Waals surface area (Å²) in [7, 11) is 0.220. The van der Waals surface area contributed by atoms with E-state index < -0.39 is 0 Å². The molecule has 0 atom stereocenters. The second-order valence-electron chi connectivity index (χ2n) is 6.43. The van der Waals surface area contributed by atoms with Crippen molar-refractivity contribution in [3.8, 4) is 0 Å². The van der Waals surface area contributed by atoms with Crippen LogP contribution in [0.15, 0.2) is 30.3 Å². The average molecular weight is 303 g/mol. The molecule has 1 N–H and O–H groups in total. The second-order valence-corrected chi connectivity index (χ2v) is 9.36. The maximum atomic E-state index is 12.0. The van der Waals surface area contributed by atoms with E-state index in [2.05, 4.69) is 5.32 Å². The van der Waals surface area contributed by atoms with E-state index in [1.807, 2.05) is 30.3 Å². The van der Waals surface area contributed by atoms with Gasteiger partial charge in [-0.25, -0.2) is 0 Å².